The molecule has 1 aliphatic rings. The van der Waals surface area contributed by atoms with E-state index < -0.39 is 0 Å². The summed E-state index contributed by atoms with van der Waals surface area (Å²) in [4.78, 5) is 13.4. The molecule has 1 amide bonds. The van der Waals surface area contributed by atoms with Crippen LogP contribution in [-0.4, -0.2) is 26.4 Å². The zero-order valence-corrected chi connectivity index (χ0v) is 12.4. The number of methoxy groups -OCH3 is 1. The second-order valence-corrected chi connectivity index (χ2v) is 5.05. The van der Waals surface area contributed by atoms with Gasteiger partial charge in [0.15, 0.2) is 6.61 Å². The zero-order valence-electron chi connectivity index (χ0n) is 12.4. The van der Waals surface area contributed by atoms with E-state index in [2.05, 4.69) is 17.4 Å². The average Bonchev–Trinajstić information content (AvgIpc) is 2.56. The molecule has 0 fully saturated rings. The summed E-state index contributed by atoms with van der Waals surface area (Å²) in [5, 5.41) is 3.35. The van der Waals surface area contributed by atoms with Gasteiger partial charge in [0.25, 0.3) is 5.91 Å². The van der Waals surface area contributed by atoms with Gasteiger partial charge >= 0.3 is 0 Å². The number of nitrogens with zero attached hydrogens (tertiary/aromatic N) is 1. The summed E-state index contributed by atoms with van der Waals surface area (Å²) in [5.41, 5.74) is 2.90. The molecule has 3 rings (SSSR count). The molecule has 0 saturated heterocycles. The standard InChI is InChI=1S/C17H18N2O3/c1-21-12-19-15-8-7-14(9-16(15)22-11-17(19)20)18-10-13-5-3-2-4-6-13/h2-9,18H,10-12H2,1H3. The summed E-state index contributed by atoms with van der Waals surface area (Å²) in [5.74, 6) is 0.592. The third kappa shape index (κ3) is 3.04. The number of amides is 1. The molecule has 2 aromatic rings. The monoisotopic (exact) mass is 298 g/mol. The van der Waals surface area contributed by atoms with E-state index in [0.717, 1.165) is 17.9 Å². The minimum atomic E-state index is -0.0978. The first-order chi connectivity index (χ1) is 10.8. The first-order valence-electron chi connectivity index (χ1n) is 7.12. The van der Waals surface area contributed by atoms with E-state index in [1.807, 2.05) is 36.4 Å². The Morgan fingerprint density at radius 1 is 1.23 bits per heavy atom. The average molecular weight is 298 g/mol. The first kappa shape index (κ1) is 14.4. The fourth-order valence-electron chi connectivity index (χ4n) is 2.39. The lowest BCUT2D eigenvalue weighted by Crippen LogP contribution is -2.39. The number of anilines is 2. The van der Waals surface area contributed by atoms with Crippen LogP contribution >= 0.6 is 0 Å². The molecule has 114 valence electrons. The lowest BCUT2D eigenvalue weighted by atomic mass is 10.2. The molecule has 0 unspecified atom stereocenters. The molecule has 0 aliphatic carbocycles. The van der Waals surface area contributed by atoms with Gasteiger partial charge in [-0.3, -0.25) is 9.69 Å². The van der Waals surface area contributed by atoms with Gasteiger partial charge in [-0.15, -0.1) is 0 Å². The molecular formula is C17H18N2O3. The van der Waals surface area contributed by atoms with E-state index >= 15 is 0 Å². The number of benzene rings is 2. The molecule has 0 aromatic heterocycles. The number of hydrogen-bond acceptors (Lipinski definition) is 4. The van der Waals surface area contributed by atoms with E-state index in [1.165, 1.54) is 5.56 Å². The van der Waals surface area contributed by atoms with Gasteiger partial charge in [0.05, 0.1) is 5.69 Å². The van der Waals surface area contributed by atoms with Gasteiger partial charge in [-0.1, -0.05) is 30.3 Å². The Morgan fingerprint density at radius 3 is 2.82 bits per heavy atom. The van der Waals surface area contributed by atoms with Crippen LogP contribution in [0.15, 0.2) is 48.5 Å². The van der Waals surface area contributed by atoms with E-state index in [9.17, 15) is 4.79 Å². The van der Waals surface area contributed by atoms with Crippen molar-refractivity contribution >= 4 is 17.3 Å². The Kier molecular flexibility index (Phi) is 4.25. The Hall–Kier alpha value is -2.53. The summed E-state index contributed by atoms with van der Waals surface area (Å²) in [6.07, 6.45) is 0. The second kappa shape index (κ2) is 6.49. The van der Waals surface area contributed by atoms with Crippen molar-refractivity contribution in [3.8, 4) is 5.75 Å². The summed E-state index contributed by atoms with van der Waals surface area (Å²) >= 11 is 0. The van der Waals surface area contributed by atoms with Crippen molar-refractivity contribution in [2.24, 2.45) is 0 Å². The number of fused-ring (bicyclic) bond motifs is 1. The second-order valence-electron chi connectivity index (χ2n) is 5.05. The molecule has 1 N–H and O–H groups in total. The third-order valence-electron chi connectivity index (χ3n) is 3.50. The Labute approximate surface area is 129 Å². The van der Waals surface area contributed by atoms with Crippen LogP contribution in [0, 0.1) is 0 Å². The highest BCUT2D eigenvalue weighted by atomic mass is 16.5. The molecule has 5 heteroatoms. The number of ether oxygens (including phenoxy) is 2. The molecule has 1 heterocycles. The Morgan fingerprint density at radius 2 is 2.05 bits per heavy atom. The minimum Gasteiger partial charge on any atom is -0.481 e. The van der Waals surface area contributed by atoms with Crippen molar-refractivity contribution in [3.05, 3.63) is 54.1 Å². The van der Waals surface area contributed by atoms with Gasteiger partial charge in [0.2, 0.25) is 0 Å². The molecule has 0 spiro atoms. The molecule has 1 aliphatic heterocycles. The van der Waals surface area contributed by atoms with Gasteiger partial charge in [-0.2, -0.15) is 0 Å². The van der Waals surface area contributed by atoms with Crippen LogP contribution in [-0.2, 0) is 16.1 Å². The Balaban J connectivity index is 1.75. The topological polar surface area (TPSA) is 50.8 Å². The van der Waals surface area contributed by atoms with Crippen LogP contribution in [0.2, 0.25) is 0 Å². The van der Waals surface area contributed by atoms with Crippen LogP contribution in [0.25, 0.3) is 0 Å². The number of hydrogen-bond donors (Lipinski definition) is 1. The molecule has 0 bridgehead atoms. The van der Waals surface area contributed by atoms with Gasteiger partial charge < -0.3 is 14.8 Å². The molecule has 22 heavy (non-hydrogen) atoms. The first-order valence-corrected chi connectivity index (χ1v) is 7.12. The van der Waals surface area contributed by atoms with Crippen LogP contribution in [0.5, 0.6) is 5.75 Å². The van der Waals surface area contributed by atoms with Crippen molar-refractivity contribution < 1.29 is 14.3 Å². The van der Waals surface area contributed by atoms with E-state index in [0.29, 0.717) is 5.75 Å². The summed E-state index contributed by atoms with van der Waals surface area (Å²) in [7, 11) is 1.57. The third-order valence-corrected chi connectivity index (χ3v) is 3.50. The van der Waals surface area contributed by atoms with E-state index in [-0.39, 0.29) is 19.2 Å². The highest BCUT2D eigenvalue weighted by Crippen LogP contribution is 2.34. The maximum absolute atomic E-state index is 11.8. The van der Waals surface area contributed by atoms with Crippen molar-refractivity contribution in [2.75, 3.05) is 30.7 Å². The van der Waals surface area contributed by atoms with Crippen LogP contribution < -0.4 is 15.0 Å². The SMILES string of the molecule is COCN1C(=O)COc2cc(NCc3ccccc3)ccc21. The predicted octanol–water partition coefficient (Wildman–Crippen LogP) is 2.63. The minimum absolute atomic E-state index is 0.0402. The quantitative estimate of drug-likeness (QED) is 0.922. The highest BCUT2D eigenvalue weighted by Gasteiger charge is 2.25. The van der Waals surface area contributed by atoms with Gasteiger partial charge in [0, 0.05) is 25.4 Å². The van der Waals surface area contributed by atoms with Gasteiger partial charge in [0.1, 0.15) is 12.5 Å². The fraction of sp³-hybridized carbons (Fsp3) is 0.235. The van der Waals surface area contributed by atoms with Crippen molar-refractivity contribution in [3.63, 3.8) is 0 Å². The number of carbonyl (C=O) groups excluding carboxylic acids is 1. The summed E-state index contributed by atoms with van der Waals surface area (Å²) in [6, 6.07) is 15.9. The Bertz CT molecular complexity index is 658. The number of nitrogens with one attached hydrogen (secondary N) is 1. The fourth-order valence-corrected chi connectivity index (χ4v) is 2.39. The molecular weight excluding hydrogens is 280 g/mol. The summed E-state index contributed by atoms with van der Waals surface area (Å²) in [6.45, 7) is 1.00. The van der Waals surface area contributed by atoms with Crippen molar-refractivity contribution in [1.29, 1.82) is 0 Å². The van der Waals surface area contributed by atoms with E-state index in [1.54, 1.807) is 12.0 Å². The van der Waals surface area contributed by atoms with Gasteiger partial charge in [-0.25, -0.2) is 0 Å². The van der Waals surface area contributed by atoms with E-state index in [4.69, 9.17) is 9.47 Å². The lowest BCUT2D eigenvalue weighted by Gasteiger charge is -2.29. The van der Waals surface area contributed by atoms with Crippen LogP contribution in [0.4, 0.5) is 11.4 Å². The van der Waals surface area contributed by atoms with Gasteiger partial charge in [-0.05, 0) is 17.7 Å². The van der Waals surface area contributed by atoms with Crippen molar-refractivity contribution in [1.82, 2.24) is 0 Å². The largest absolute Gasteiger partial charge is 0.481 e. The molecule has 0 saturated carbocycles. The lowest BCUT2D eigenvalue weighted by molar-refractivity contribution is -0.122. The zero-order chi connectivity index (χ0) is 15.4. The summed E-state index contributed by atoms with van der Waals surface area (Å²) < 4.78 is 10.6. The van der Waals surface area contributed by atoms with Crippen molar-refractivity contribution in [2.45, 2.75) is 6.54 Å². The molecule has 0 radical (unpaired) electrons. The van der Waals surface area contributed by atoms with Crippen LogP contribution in [0.3, 0.4) is 0 Å². The molecule has 0 atom stereocenters. The molecule has 2 aromatic carbocycles. The maximum atomic E-state index is 11.8. The predicted molar refractivity (Wildman–Crippen MR) is 85.1 cm³/mol. The smallest absolute Gasteiger partial charge is 0.266 e. The van der Waals surface area contributed by atoms with Crippen LogP contribution in [0.1, 0.15) is 5.56 Å². The number of carbonyl (C=O) groups is 1. The normalized spacial score (nSPS) is 13.5. The maximum Gasteiger partial charge on any atom is 0.266 e. The molecule has 5 nitrogen and oxygen atoms in total. The number of rotatable bonds is 5. The highest BCUT2D eigenvalue weighted by molar-refractivity contribution is 5.98.